The van der Waals surface area contributed by atoms with Crippen molar-refractivity contribution >= 4 is 22.5 Å². The van der Waals surface area contributed by atoms with Gasteiger partial charge in [0.25, 0.3) is 0 Å². The molecule has 0 aromatic carbocycles. The number of anilines is 1. The smallest absolute Gasteiger partial charge is 0.351 e. The van der Waals surface area contributed by atoms with Gasteiger partial charge in [-0.25, -0.2) is 13.6 Å². The van der Waals surface area contributed by atoms with Crippen LogP contribution in [0.3, 0.4) is 0 Å². The van der Waals surface area contributed by atoms with Gasteiger partial charge in [-0.05, 0) is 55.0 Å². The number of nitrogens with two attached hydrogens (primary N) is 1. The van der Waals surface area contributed by atoms with E-state index in [2.05, 4.69) is 72.7 Å². The summed E-state index contributed by atoms with van der Waals surface area (Å²) < 4.78 is 51.3. The number of nitrogen functional groups attached to an aromatic ring is 1. The highest BCUT2D eigenvalue weighted by molar-refractivity contribution is 6.74. The molecule has 0 spiro atoms. The third-order valence-electron chi connectivity index (χ3n) is 8.55. The Hall–Kier alpha value is -1.15. The van der Waals surface area contributed by atoms with Gasteiger partial charge in [0.2, 0.25) is 0 Å². The predicted octanol–water partition coefficient (Wildman–Crippen LogP) is 5.39. The lowest BCUT2D eigenvalue weighted by atomic mass is 9.91. The quantitative estimate of drug-likeness (QED) is 0.475. The number of hydrogen-bond acceptors (Lipinski definition) is 6. The molecular weight excluding hydrogens is 488 g/mol. The Kier molecular flexibility index (Phi) is 7.31. The summed E-state index contributed by atoms with van der Waals surface area (Å²) in [5, 5.41) is -0.228. The van der Waals surface area contributed by atoms with Gasteiger partial charge in [-0.2, -0.15) is 4.98 Å². The van der Waals surface area contributed by atoms with E-state index in [4.69, 9.17) is 19.3 Å². The van der Waals surface area contributed by atoms with Gasteiger partial charge in [-0.3, -0.25) is 4.57 Å². The number of hydrogen-bond donors (Lipinski definition) is 1. The molecule has 1 aliphatic carbocycles. The molecule has 1 saturated carbocycles. The summed E-state index contributed by atoms with van der Waals surface area (Å²) >= 11 is 0. The number of ether oxygens (including phenoxy) is 1. The molecule has 11 heteroatoms. The second kappa shape index (κ2) is 9.00. The van der Waals surface area contributed by atoms with Crippen LogP contribution in [0, 0.1) is 11.7 Å². The van der Waals surface area contributed by atoms with Crippen LogP contribution in [0.5, 0.6) is 0 Å². The first-order valence-electron chi connectivity index (χ1n) is 12.4. The number of nitrogens with zero attached hydrogens (tertiary/aromatic N) is 2. The average Bonchev–Trinajstić information content (AvgIpc) is 3.50. The van der Waals surface area contributed by atoms with E-state index in [0.29, 0.717) is 0 Å². The van der Waals surface area contributed by atoms with Crippen molar-refractivity contribution in [2.24, 2.45) is 5.92 Å². The highest BCUT2D eigenvalue weighted by Gasteiger charge is 2.65. The average molecular weight is 532 g/mol. The maximum absolute atomic E-state index is 16.4. The Labute approximate surface area is 210 Å². The monoisotopic (exact) mass is 531 g/mol. The van der Waals surface area contributed by atoms with Crippen molar-refractivity contribution in [2.75, 3.05) is 12.3 Å². The van der Waals surface area contributed by atoms with Gasteiger partial charge < -0.3 is 19.3 Å². The molecular formula is C24H43F2N3O4Si2. The van der Waals surface area contributed by atoms with Gasteiger partial charge in [-0.15, -0.1) is 0 Å². The van der Waals surface area contributed by atoms with E-state index in [1.165, 1.54) is 0 Å². The Balaban J connectivity index is 2.09. The van der Waals surface area contributed by atoms with Crippen molar-refractivity contribution < 1.29 is 22.4 Å². The first-order chi connectivity index (χ1) is 15.7. The van der Waals surface area contributed by atoms with Crippen molar-refractivity contribution in [2.45, 2.75) is 115 Å². The molecule has 1 unspecified atom stereocenters. The minimum Gasteiger partial charge on any atom is -0.414 e. The van der Waals surface area contributed by atoms with Crippen molar-refractivity contribution in [3.63, 3.8) is 0 Å². The molecule has 2 N–H and O–H groups in total. The van der Waals surface area contributed by atoms with E-state index in [0.717, 1.165) is 23.6 Å². The van der Waals surface area contributed by atoms with E-state index in [1.807, 2.05) is 0 Å². The van der Waals surface area contributed by atoms with Crippen LogP contribution in [0.4, 0.5) is 14.6 Å². The topological polar surface area (TPSA) is 88.6 Å². The van der Waals surface area contributed by atoms with Gasteiger partial charge in [0, 0.05) is 0 Å². The van der Waals surface area contributed by atoms with Crippen LogP contribution in [-0.2, 0) is 13.6 Å². The van der Waals surface area contributed by atoms with Gasteiger partial charge >= 0.3 is 5.69 Å². The fraction of sp³-hybridized carbons (Fsp3) is 0.833. The zero-order valence-electron chi connectivity index (χ0n) is 22.9. The largest absolute Gasteiger partial charge is 0.414 e. The molecule has 1 saturated heterocycles. The zero-order valence-corrected chi connectivity index (χ0v) is 24.9. The van der Waals surface area contributed by atoms with E-state index >= 15 is 4.39 Å². The number of rotatable bonds is 7. The molecule has 1 aliphatic heterocycles. The van der Waals surface area contributed by atoms with Crippen LogP contribution in [0.15, 0.2) is 11.0 Å². The molecule has 0 amide bonds. The molecule has 0 bridgehead atoms. The molecule has 7 nitrogen and oxygen atoms in total. The lowest BCUT2D eigenvalue weighted by molar-refractivity contribution is -0.136. The highest BCUT2D eigenvalue weighted by atomic mass is 28.4. The maximum Gasteiger partial charge on any atom is 0.351 e. The molecule has 2 aliphatic rings. The fourth-order valence-electron chi connectivity index (χ4n) is 3.93. The number of aromatic nitrogens is 2. The van der Waals surface area contributed by atoms with E-state index in [9.17, 15) is 9.18 Å². The molecule has 2 heterocycles. The van der Waals surface area contributed by atoms with Gasteiger partial charge in [0.05, 0.1) is 12.8 Å². The maximum atomic E-state index is 16.4. The lowest BCUT2D eigenvalue weighted by Gasteiger charge is -2.45. The summed E-state index contributed by atoms with van der Waals surface area (Å²) in [7, 11) is -4.67. The first kappa shape index (κ1) is 28.4. The highest BCUT2D eigenvalue weighted by Crippen LogP contribution is 2.55. The van der Waals surface area contributed by atoms with Crippen LogP contribution in [-0.4, -0.2) is 50.7 Å². The molecule has 0 radical (unpaired) electrons. The molecule has 1 aromatic heterocycles. The second-order valence-electron chi connectivity index (χ2n) is 13.2. The number of halogens is 2. The summed E-state index contributed by atoms with van der Waals surface area (Å²) in [6.45, 7) is 21.3. The summed E-state index contributed by atoms with van der Waals surface area (Å²) in [5.41, 5.74) is 3.51. The molecule has 3 rings (SSSR count). The fourth-order valence-corrected chi connectivity index (χ4v) is 6.27. The third-order valence-corrected chi connectivity index (χ3v) is 17.5. The van der Waals surface area contributed by atoms with Crippen molar-refractivity contribution in [1.29, 1.82) is 0 Å². The normalized spacial score (nSPS) is 28.5. The predicted molar refractivity (Wildman–Crippen MR) is 139 cm³/mol. The SMILES string of the molecule is CC(C)(C)[Si](C)(C)OC[C@@]1(C2CC2)O[C@@H](n2cc(F)c(N)nc2=O)[C@@H](F)C1O[Si](C)(C)C(C)(C)C. The first-order valence-corrected chi connectivity index (χ1v) is 18.2. The van der Waals surface area contributed by atoms with E-state index in [1.54, 1.807) is 0 Å². The minimum absolute atomic E-state index is 0.0209. The molecule has 200 valence electrons. The molecule has 35 heavy (non-hydrogen) atoms. The zero-order chi connectivity index (χ0) is 26.8. The van der Waals surface area contributed by atoms with Gasteiger partial charge in [0.15, 0.2) is 40.7 Å². The Bertz CT molecular complexity index is 1000. The van der Waals surface area contributed by atoms with Crippen LogP contribution in [0.1, 0.15) is 60.6 Å². The molecule has 4 atom stereocenters. The van der Waals surface area contributed by atoms with Crippen molar-refractivity contribution in [3.8, 4) is 0 Å². The van der Waals surface area contributed by atoms with Crippen molar-refractivity contribution in [1.82, 2.24) is 9.55 Å². The standard InChI is InChI=1S/C24H43F2N3O4Si2/c1-22(2,3)34(7,8)31-14-24(15-11-12-15)18(33-35(9,10)23(4,5)6)17(26)20(32-24)29-13-16(25)19(27)28-21(29)30/h13,15,17-18,20H,11-12,14H2,1-10H3,(H2,27,28,30)/t17-,18?,20+,24-/m0/s1. The molecule has 2 fully saturated rings. The van der Waals surface area contributed by atoms with E-state index in [-0.39, 0.29) is 22.6 Å². The summed E-state index contributed by atoms with van der Waals surface area (Å²) in [6, 6.07) is 0. The van der Waals surface area contributed by atoms with Crippen LogP contribution in [0.2, 0.25) is 36.3 Å². The van der Waals surface area contributed by atoms with Crippen LogP contribution < -0.4 is 11.4 Å². The Morgan fingerprint density at radius 3 is 2.17 bits per heavy atom. The minimum atomic E-state index is -2.46. The third kappa shape index (κ3) is 5.30. The van der Waals surface area contributed by atoms with Gasteiger partial charge in [0.1, 0.15) is 11.7 Å². The summed E-state index contributed by atoms with van der Waals surface area (Å²) in [5.74, 6) is -1.40. The Morgan fingerprint density at radius 2 is 1.69 bits per heavy atom. The van der Waals surface area contributed by atoms with Crippen LogP contribution >= 0.6 is 0 Å². The Morgan fingerprint density at radius 1 is 1.14 bits per heavy atom. The van der Waals surface area contributed by atoms with E-state index < -0.39 is 58.1 Å². The molecule has 1 aromatic rings. The van der Waals surface area contributed by atoms with Crippen molar-refractivity contribution in [3.05, 3.63) is 22.5 Å². The second-order valence-corrected chi connectivity index (χ2v) is 22.8. The van der Waals surface area contributed by atoms with Crippen LogP contribution in [0.25, 0.3) is 0 Å². The lowest BCUT2D eigenvalue weighted by Crippen LogP contribution is -2.57. The summed E-state index contributed by atoms with van der Waals surface area (Å²) in [6.07, 6.45) is -1.48. The van der Waals surface area contributed by atoms with Gasteiger partial charge in [-0.1, -0.05) is 41.5 Å². The number of alkyl halides is 1. The summed E-state index contributed by atoms with van der Waals surface area (Å²) in [4.78, 5) is 16.1.